The lowest BCUT2D eigenvalue weighted by Gasteiger charge is -2.57. The smallest absolute Gasteiger partial charge is 0.302 e. The molecule has 2 saturated carbocycles. The minimum Gasteiger partial charge on any atom is -0.462 e. The Morgan fingerprint density at radius 2 is 1.97 bits per heavy atom. The number of imidazole rings is 1. The van der Waals surface area contributed by atoms with Gasteiger partial charge in [-0.3, -0.25) is 4.79 Å². The normalized spacial score (nSPS) is 38.6. The summed E-state index contributed by atoms with van der Waals surface area (Å²) < 4.78 is 7.96. The molecular formula is C27H34N2O2. The Hall–Kier alpha value is -2.10. The predicted molar refractivity (Wildman–Crippen MR) is 121 cm³/mol. The Morgan fingerprint density at radius 3 is 2.77 bits per heavy atom. The number of allylic oxidation sites excluding steroid dienone is 1. The Kier molecular flexibility index (Phi) is 4.08. The van der Waals surface area contributed by atoms with Gasteiger partial charge in [0.15, 0.2) is 0 Å². The van der Waals surface area contributed by atoms with Crippen molar-refractivity contribution < 1.29 is 9.53 Å². The van der Waals surface area contributed by atoms with Crippen LogP contribution in [0.5, 0.6) is 0 Å². The number of carbonyl (C=O) groups is 1. The molecule has 0 N–H and O–H groups in total. The molecule has 0 amide bonds. The first-order chi connectivity index (χ1) is 14.8. The number of pyridine rings is 1. The number of aryl methyl sites for hydroxylation is 1. The molecule has 2 aromatic rings. The first-order valence-electron chi connectivity index (χ1n) is 12.1. The number of aromatic nitrogens is 2. The fraction of sp³-hybridized carbons (Fsp3) is 0.630. The summed E-state index contributed by atoms with van der Waals surface area (Å²) in [7, 11) is 0. The summed E-state index contributed by atoms with van der Waals surface area (Å²) in [5, 5.41) is 0. The lowest BCUT2D eigenvalue weighted by atomic mass is 9.48. The summed E-state index contributed by atoms with van der Waals surface area (Å²) in [4.78, 5) is 16.7. The molecule has 0 saturated heterocycles. The highest BCUT2D eigenvalue weighted by atomic mass is 16.5. The number of rotatable bonds is 1. The van der Waals surface area contributed by atoms with Crippen molar-refractivity contribution in [1.29, 1.82) is 0 Å². The third kappa shape index (κ3) is 2.66. The van der Waals surface area contributed by atoms with E-state index in [1.165, 1.54) is 43.1 Å². The Bertz CT molecular complexity index is 1110. The average Bonchev–Trinajstić information content (AvgIpc) is 3.21. The summed E-state index contributed by atoms with van der Waals surface area (Å²) in [6.45, 7) is 8.70. The molecule has 164 valence electrons. The summed E-state index contributed by atoms with van der Waals surface area (Å²) in [6, 6.07) is 4.43. The summed E-state index contributed by atoms with van der Waals surface area (Å²) in [5.74, 6) is 2.02. The van der Waals surface area contributed by atoms with Gasteiger partial charge in [0, 0.05) is 30.7 Å². The van der Waals surface area contributed by atoms with Gasteiger partial charge in [-0.25, -0.2) is 4.98 Å². The van der Waals surface area contributed by atoms with Crippen molar-refractivity contribution in [1.82, 2.24) is 9.38 Å². The van der Waals surface area contributed by atoms with E-state index in [-0.39, 0.29) is 22.9 Å². The van der Waals surface area contributed by atoms with Crippen molar-refractivity contribution in [3.05, 3.63) is 46.9 Å². The number of ether oxygens (including phenoxy) is 1. The second kappa shape index (κ2) is 6.46. The monoisotopic (exact) mass is 418 g/mol. The zero-order valence-electron chi connectivity index (χ0n) is 19.3. The second-order valence-electron chi connectivity index (χ2n) is 11.2. The van der Waals surface area contributed by atoms with Crippen LogP contribution in [0, 0.1) is 30.1 Å². The minimum absolute atomic E-state index is 0.0781. The van der Waals surface area contributed by atoms with Gasteiger partial charge in [-0.2, -0.15) is 0 Å². The van der Waals surface area contributed by atoms with E-state index in [2.05, 4.69) is 49.6 Å². The van der Waals surface area contributed by atoms with Crippen LogP contribution in [-0.4, -0.2) is 21.5 Å². The van der Waals surface area contributed by atoms with Gasteiger partial charge in [0.2, 0.25) is 0 Å². The first-order valence-corrected chi connectivity index (χ1v) is 12.1. The molecule has 0 aliphatic heterocycles. The fourth-order valence-corrected chi connectivity index (χ4v) is 8.01. The van der Waals surface area contributed by atoms with Crippen LogP contribution < -0.4 is 0 Å². The molecule has 0 bridgehead atoms. The Morgan fingerprint density at radius 1 is 1.16 bits per heavy atom. The van der Waals surface area contributed by atoms with Crippen molar-refractivity contribution in [3.8, 4) is 0 Å². The highest BCUT2D eigenvalue weighted by Crippen LogP contribution is 2.64. The molecule has 2 heterocycles. The van der Waals surface area contributed by atoms with Crippen molar-refractivity contribution in [2.24, 2.45) is 23.2 Å². The van der Waals surface area contributed by atoms with Crippen LogP contribution in [0.2, 0.25) is 0 Å². The predicted octanol–water partition coefficient (Wildman–Crippen LogP) is 5.55. The number of fused-ring (bicyclic) bond motifs is 9. The van der Waals surface area contributed by atoms with Crippen LogP contribution in [0.3, 0.4) is 0 Å². The molecule has 6 rings (SSSR count). The quantitative estimate of drug-likeness (QED) is 0.450. The molecule has 4 nitrogen and oxygen atoms in total. The third-order valence-corrected chi connectivity index (χ3v) is 9.62. The maximum absolute atomic E-state index is 11.5. The van der Waals surface area contributed by atoms with Crippen molar-refractivity contribution in [3.63, 3.8) is 0 Å². The van der Waals surface area contributed by atoms with Crippen molar-refractivity contribution in [2.75, 3.05) is 0 Å². The molecule has 0 spiro atoms. The summed E-state index contributed by atoms with van der Waals surface area (Å²) >= 11 is 0. The topological polar surface area (TPSA) is 43.6 Å². The Labute approximate surface area is 185 Å². The van der Waals surface area contributed by atoms with Gasteiger partial charge in [0.05, 0.1) is 5.69 Å². The highest BCUT2D eigenvalue weighted by Gasteiger charge is 2.58. The zero-order valence-corrected chi connectivity index (χ0v) is 19.3. The maximum Gasteiger partial charge on any atom is 0.302 e. The van der Waals surface area contributed by atoms with E-state index in [1.54, 1.807) is 5.57 Å². The van der Waals surface area contributed by atoms with Crippen LogP contribution in [0.1, 0.15) is 76.2 Å². The standard InChI is InChI=1S/C27H34N2O2/c1-16-9-12-29-23-15-22-20-6-5-18-14-19(31-17(2)30)7-10-26(18,3)21(20)8-11-27(22,4)25(23)28-24(29)13-16/h5,9,12-13,19-22H,6-8,10-11,14-15H2,1-4H3/t19-,20?,21?,22?,26-,27-/m0/s1. The van der Waals surface area contributed by atoms with E-state index in [4.69, 9.17) is 9.72 Å². The molecular weight excluding hydrogens is 384 g/mol. The van der Waals surface area contributed by atoms with Crippen LogP contribution in [0.4, 0.5) is 0 Å². The third-order valence-electron chi connectivity index (χ3n) is 9.62. The molecule has 4 heteroatoms. The molecule has 4 aliphatic rings. The lowest BCUT2D eigenvalue weighted by molar-refractivity contribution is -0.148. The van der Waals surface area contributed by atoms with Gasteiger partial charge in [-0.1, -0.05) is 25.5 Å². The first kappa shape index (κ1) is 19.6. The van der Waals surface area contributed by atoms with Gasteiger partial charge in [-0.05, 0) is 86.3 Å². The van der Waals surface area contributed by atoms with Crippen LogP contribution in [0.15, 0.2) is 30.0 Å². The van der Waals surface area contributed by atoms with Crippen molar-refractivity contribution >= 4 is 11.6 Å². The van der Waals surface area contributed by atoms with E-state index in [9.17, 15) is 4.79 Å². The lowest BCUT2D eigenvalue weighted by Crippen LogP contribution is -2.51. The SMILES string of the molecule is CC(=O)O[C@H]1CC[C@@]2(C)C(=CCC3C2CC[C@]2(C)c4nc5cc(C)ccn5c4CC32)C1. The van der Waals surface area contributed by atoms with Gasteiger partial charge in [0.1, 0.15) is 11.8 Å². The van der Waals surface area contributed by atoms with Gasteiger partial charge >= 0.3 is 5.97 Å². The van der Waals surface area contributed by atoms with Crippen LogP contribution in [0.25, 0.3) is 5.65 Å². The molecule has 2 fully saturated rings. The van der Waals surface area contributed by atoms with E-state index in [0.717, 1.165) is 43.2 Å². The second-order valence-corrected chi connectivity index (χ2v) is 11.2. The molecule has 6 atom stereocenters. The molecule has 2 aromatic heterocycles. The van der Waals surface area contributed by atoms with Gasteiger partial charge in [0.25, 0.3) is 0 Å². The van der Waals surface area contributed by atoms with E-state index in [1.807, 2.05) is 0 Å². The highest BCUT2D eigenvalue weighted by molar-refractivity contribution is 5.66. The van der Waals surface area contributed by atoms with Gasteiger partial charge in [-0.15, -0.1) is 0 Å². The molecule has 4 aliphatic carbocycles. The Balaban J connectivity index is 1.34. The number of nitrogens with zero attached hydrogens (tertiary/aromatic N) is 2. The maximum atomic E-state index is 11.5. The fourth-order valence-electron chi connectivity index (χ4n) is 8.01. The van der Waals surface area contributed by atoms with Crippen LogP contribution >= 0.6 is 0 Å². The van der Waals surface area contributed by atoms with Gasteiger partial charge < -0.3 is 9.14 Å². The number of carbonyl (C=O) groups excluding carboxylic acids is 1. The number of hydrogen-bond donors (Lipinski definition) is 0. The van der Waals surface area contributed by atoms with Crippen molar-refractivity contribution in [2.45, 2.75) is 84.2 Å². The molecule has 0 aromatic carbocycles. The number of esters is 1. The molecule has 0 radical (unpaired) electrons. The largest absolute Gasteiger partial charge is 0.462 e. The summed E-state index contributed by atoms with van der Waals surface area (Å²) in [5.41, 5.74) is 7.27. The van der Waals surface area contributed by atoms with Crippen LogP contribution in [-0.2, 0) is 21.4 Å². The van der Waals surface area contributed by atoms with E-state index in [0.29, 0.717) is 5.92 Å². The average molecular weight is 419 g/mol. The summed E-state index contributed by atoms with van der Waals surface area (Å²) in [6.07, 6.45) is 12.8. The molecule has 31 heavy (non-hydrogen) atoms. The zero-order chi connectivity index (χ0) is 21.5. The minimum atomic E-state index is -0.139. The van der Waals surface area contributed by atoms with E-state index < -0.39 is 0 Å². The van der Waals surface area contributed by atoms with E-state index >= 15 is 0 Å². The number of hydrogen-bond acceptors (Lipinski definition) is 3. The molecule has 3 unspecified atom stereocenters.